The summed E-state index contributed by atoms with van der Waals surface area (Å²) in [6, 6.07) is 13.3. The van der Waals surface area contributed by atoms with Crippen molar-refractivity contribution in [2.75, 3.05) is 13.2 Å². The van der Waals surface area contributed by atoms with Crippen molar-refractivity contribution in [1.82, 2.24) is 14.9 Å². The zero-order chi connectivity index (χ0) is 19.2. The number of aromatic nitrogens is 2. The first-order chi connectivity index (χ1) is 13.0. The summed E-state index contributed by atoms with van der Waals surface area (Å²) < 4.78 is 6.98. The highest BCUT2D eigenvalue weighted by Gasteiger charge is 2.09. The van der Waals surface area contributed by atoms with Gasteiger partial charge < -0.3 is 10.1 Å². The van der Waals surface area contributed by atoms with Crippen molar-refractivity contribution >= 4 is 16.8 Å². The molecule has 3 aromatic rings. The maximum Gasteiger partial charge on any atom is 0.261 e. The van der Waals surface area contributed by atoms with Gasteiger partial charge in [-0.15, -0.1) is 0 Å². The fourth-order valence-corrected chi connectivity index (χ4v) is 2.86. The number of hydrogen-bond acceptors (Lipinski definition) is 4. The van der Waals surface area contributed by atoms with E-state index in [0.717, 1.165) is 16.9 Å². The van der Waals surface area contributed by atoms with Crippen molar-refractivity contribution in [3.63, 3.8) is 0 Å². The second-order valence-electron chi connectivity index (χ2n) is 6.52. The van der Waals surface area contributed by atoms with Crippen LogP contribution in [0.25, 0.3) is 10.9 Å². The number of rotatable bonds is 7. The van der Waals surface area contributed by atoms with Gasteiger partial charge in [0.15, 0.2) is 0 Å². The van der Waals surface area contributed by atoms with Crippen LogP contribution in [0.5, 0.6) is 5.75 Å². The minimum Gasteiger partial charge on any atom is -0.494 e. The summed E-state index contributed by atoms with van der Waals surface area (Å²) >= 11 is 0. The summed E-state index contributed by atoms with van der Waals surface area (Å²) in [7, 11) is 0. The topological polar surface area (TPSA) is 73.2 Å². The molecule has 0 atom stereocenters. The minimum absolute atomic E-state index is 0.0472. The summed E-state index contributed by atoms with van der Waals surface area (Å²) in [5.41, 5.74) is 2.55. The molecule has 0 aliphatic carbocycles. The van der Waals surface area contributed by atoms with Gasteiger partial charge in [-0.05, 0) is 49.6 Å². The number of carbonyl (C=O) groups is 1. The quantitative estimate of drug-likeness (QED) is 0.653. The molecule has 6 nitrogen and oxygen atoms in total. The van der Waals surface area contributed by atoms with E-state index in [0.29, 0.717) is 30.5 Å². The normalized spacial score (nSPS) is 10.7. The Labute approximate surface area is 157 Å². The predicted molar refractivity (Wildman–Crippen MR) is 105 cm³/mol. The Morgan fingerprint density at radius 2 is 2.00 bits per heavy atom. The maximum absolute atomic E-state index is 12.5. The minimum atomic E-state index is -0.221. The molecular formula is C21H23N3O3. The Hall–Kier alpha value is -3.15. The fraction of sp³-hybridized carbons (Fsp3) is 0.286. The van der Waals surface area contributed by atoms with Gasteiger partial charge >= 0.3 is 0 Å². The fourth-order valence-electron chi connectivity index (χ4n) is 2.86. The van der Waals surface area contributed by atoms with Crippen LogP contribution in [-0.4, -0.2) is 28.6 Å². The van der Waals surface area contributed by atoms with E-state index in [1.807, 2.05) is 50.2 Å². The van der Waals surface area contributed by atoms with Gasteiger partial charge in [-0.2, -0.15) is 0 Å². The number of para-hydroxylation sites is 1. The molecule has 0 radical (unpaired) electrons. The molecular weight excluding hydrogens is 342 g/mol. The van der Waals surface area contributed by atoms with Crippen LogP contribution in [0.4, 0.5) is 0 Å². The molecule has 140 valence electrons. The van der Waals surface area contributed by atoms with Gasteiger partial charge in [0.05, 0.1) is 23.8 Å². The number of nitrogens with one attached hydrogen (secondary N) is 1. The molecule has 0 aliphatic heterocycles. The largest absolute Gasteiger partial charge is 0.494 e. The average Bonchev–Trinajstić information content (AvgIpc) is 2.64. The lowest BCUT2D eigenvalue weighted by Gasteiger charge is -2.09. The molecule has 6 heteroatoms. The second-order valence-corrected chi connectivity index (χ2v) is 6.52. The molecule has 2 aromatic carbocycles. The van der Waals surface area contributed by atoms with Crippen molar-refractivity contribution in [3.05, 3.63) is 70.3 Å². The standard InChI is InChI=1S/C21H23N3O3/c1-15-6-3-8-17(12-15)27-11-5-10-22-19(25)13-24-14-23-20-16(2)7-4-9-18(20)21(24)26/h3-4,6-9,12,14H,5,10-11,13H2,1-2H3,(H,22,25). The van der Waals surface area contributed by atoms with Gasteiger partial charge in [0.2, 0.25) is 5.91 Å². The third-order valence-electron chi connectivity index (χ3n) is 4.27. The summed E-state index contributed by atoms with van der Waals surface area (Å²) in [4.78, 5) is 28.9. The third kappa shape index (κ3) is 4.73. The van der Waals surface area contributed by atoms with Crippen LogP contribution in [0, 0.1) is 13.8 Å². The number of ether oxygens (including phenoxy) is 1. The number of fused-ring (bicyclic) bond motifs is 1. The average molecular weight is 365 g/mol. The molecule has 1 amide bonds. The molecule has 0 saturated carbocycles. The predicted octanol–water partition coefficient (Wildman–Crippen LogP) is 2.60. The highest BCUT2D eigenvalue weighted by atomic mass is 16.5. The van der Waals surface area contributed by atoms with E-state index in [1.165, 1.54) is 10.9 Å². The molecule has 0 bridgehead atoms. The Morgan fingerprint density at radius 3 is 2.81 bits per heavy atom. The van der Waals surface area contributed by atoms with Crippen LogP contribution < -0.4 is 15.6 Å². The number of nitrogens with zero attached hydrogens (tertiary/aromatic N) is 2. The molecule has 0 aliphatic rings. The van der Waals surface area contributed by atoms with Gasteiger partial charge in [0.25, 0.3) is 5.56 Å². The van der Waals surface area contributed by atoms with E-state index in [1.54, 1.807) is 6.07 Å². The molecule has 27 heavy (non-hydrogen) atoms. The Morgan fingerprint density at radius 1 is 1.19 bits per heavy atom. The van der Waals surface area contributed by atoms with Crippen molar-refractivity contribution in [3.8, 4) is 5.75 Å². The highest BCUT2D eigenvalue weighted by Crippen LogP contribution is 2.12. The number of benzene rings is 2. The van der Waals surface area contributed by atoms with Gasteiger partial charge in [-0.3, -0.25) is 14.2 Å². The van der Waals surface area contributed by atoms with Crippen molar-refractivity contribution < 1.29 is 9.53 Å². The third-order valence-corrected chi connectivity index (χ3v) is 4.27. The molecule has 3 rings (SSSR count). The van der Waals surface area contributed by atoms with Crippen molar-refractivity contribution in [2.45, 2.75) is 26.8 Å². The molecule has 1 N–H and O–H groups in total. The maximum atomic E-state index is 12.5. The van der Waals surface area contributed by atoms with Crippen molar-refractivity contribution in [1.29, 1.82) is 0 Å². The van der Waals surface area contributed by atoms with E-state index < -0.39 is 0 Å². The number of amides is 1. The lowest BCUT2D eigenvalue weighted by atomic mass is 10.1. The van der Waals surface area contributed by atoms with Gasteiger partial charge in [0.1, 0.15) is 12.3 Å². The zero-order valence-corrected chi connectivity index (χ0v) is 15.6. The number of carbonyl (C=O) groups excluding carboxylic acids is 1. The van der Waals surface area contributed by atoms with Crippen LogP contribution in [0.15, 0.2) is 53.6 Å². The first kappa shape index (κ1) is 18.6. The summed E-state index contributed by atoms with van der Waals surface area (Å²) in [6.45, 7) is 4.87. The first-order valence-corrected chi connectivity index (χ1v) is 8.95. The van der Waals surface area contributed by atoms with Crippen LogP contribution in [0.1, 0.15) is 17.5 Å². The summed E-state index contributed by atoms with van der Waals surface area (Å²) in [5, 5.41) is 3.33. The summed E-state index contributed by atoms with van der Waals surface area (Å²) in [6.07, 6.45) is 2.11. The van der Waals surface area contributed by atoms with E-state index in [4.69, 9.17) is 4.74 Å². The smallest absolute Gasteiger partial charge is 0.261 e. The van der Waals surface area contributed by atoms with E-state index in [9.17, 15) is 9.59 Å². The molecule has 0 saturated heterocycles. The SMILES string of the molecule is Cc1cccc(OCCCNC(=O)Cn2cnc3c(C)cccc3c2=O)c1. The monoisotopic (exact) mass is 365 g/mol. The van der Waals surface area contributed by atoms with E-state index >= 15 is 0 Å². The molecule has 0 fully saturated rings. The molecule has 0 unspecified atom stereocenters. The zero-order valence-electron chi connectivity index (χ0n) is 15.6. The van der Waals surface area contributed by atoms with E-state index in [2.05, 4.69) is 10.3 Å². The van der Waals surface area contributed by atoms with Gasteiger partial charge in [0, 0.05) is 6.54 Å². The highest BCUT2D eigenvalue weighted by molar-refractivity contribution is 5.81. The van der Waals surface area contributed by atoms with Gasteiger partial charge in [-0.25, -0.2) is 4.98 Å². The summed E-state index contributed by atoms with van der Waals surface area (Å²) in [5.74, 6) is 0.604. The van der Waals surface area contributed by atoms with Crippen LogP contribution in [0.3, 0.4) is 0 Å². The van der Waals surface area contributed by atoms with Gasteiger partial charge in [-0.1, -0.05) is 24.3 Å². The first-order valence-electron chi connectivity index (χ1n) is 8.95. The van der Waals surface area contributed by atoms with Crippen LogP contribution in [0.2, 0.25) is 0 Å². The number of aryl methyl sites for hydroxylation is 2. The van der Waals surface area contributed by atoms with Crippen LogP contribution >= 0.6 is 0 Å². The lowest BCUT2D eigenvalue weighted by Crippen LogP contribution is -2.33. The molecule has 0 spiro atoms. The molecule has 1 aromatic heterocycles. The lowest BCUT2D eigenvalue weighted by molar-refractivity contribution is -0.121. The Balaban J connectivity index is 1.49. The van der Waals surface area contributed by atoms with Crippen molar-refractivity contribution in [2.24, 2.45) is 0 Å². The molecule has 1 heterocycles. The second kappa shape index (κ2) is 8.49. The van der Waals surface area contributed by atoms with E-state index in [-0.39, 0.29) is 18.0 Å². The Kier molecular flexibility index (Phi) is 5.86. The number of hydrogen-bond donors (Lipinski definition) is 1. The van der Waals surface area contributed by atoms with Crippen LogP contribution in [-0.2, 0) is 11.3 Å². The Bertz CT molecular complexity index is 1010.